The molecule has 0 saturated carbocycles. The highest BCUT2D eigenvalue weighted by molar-refractivity contribution is 5.85. The van der Waals surface area contributed by atoms with Crippen molar-refractivity contribution in [2.45, 2.75) is 51.2 Å². The standard InChI is InChI=1S/C13H24N2O2.ClH/c1-10-6-11(8-14)9-15(10)13(16)7-12-4-2-3-5-17-12;/h10-12H,2-9,14H2,1H3;1H. The van der Waals surface area contributed by atoms with E-state index in [9.17, 15) is 4.79 Å². The molecule has 0 aromatic rings. The molecule has 2 aliphatic heterocycles. The Hall–Kier alpha value is -0.320. The predicted octanol–water partition coefficient (Wildman–Crippen LogP) is 1.56. The molecule has 0 radical (unpaired) electrons. The number of carbonyl (C=O) groups is 1. The second-order valence-corrected chi connectivity index (χ2v) is 5.43. The summed E-state index contributed by atoms with van der Waals surface area (Å²) in [6, 6.07) is 0.347. The summed E-state index contributed by atoms with van der Waals surface area (Å²) in [6.07, 6.45) is 5.13. The Morgan fingerprint density at radius 2 is 2.22 bits per heavy atom. The largest absolute Gasteiger partial charge is 0.378 e. The lowest BCUT2D eigenvalue weighted by Crippen LogP contribution is -2.37. The van der Waals surface area contributed by atoms with Crippen LogP contribution in [0.5, 0.6) is 0 Å². The van der Waals surface area contributed by atoms with Crippen LogP contribution in [0.15, 0.2) is 0 Å². The molecule has 0 aliphatic carbocycles. The van der Waals surface area contributed by atoms with Gasteiger partial charge in [0.05, 0.1) is 12.5 Å². The summed E-state index contributed by atoms with van der Waals surface area (Å²) in [4.78, 5) is 14.2. The zero-order chi connectivity index (χ0) is 12.3. The van der Waals surface area contributed by atoms with Crippen LogP contribution in [0.4, 0.5) is 0 Å². The lowest BCUT2D eigenvalue weighted by atomic mass is 10.1. The van der Waals surface area contributed by atoms with Crippen molar-refractivity contribution in [3.63, 3.8) is 0 Å². The minimum Gasteiger partial charge on any atom is -0.378 e. The van der Waals surface area contributed by atoms with E-state index in [-0.39, 0.29) is 24.4 Å². The van der Waals surface area contributed by atoms with Crippen molar-refractivity contribution in [1.82, 2.24) is 4.90 Å². The second-order valence-electron chi connectivity index (χ2n) is 5.43. The van der Waals surface area contributed by atoms with E-state index in [0.717, 1.165) is 32.4 Å². The number of hydrogen-bond donors (Lipinski definition) is 1. The van der Waals surface area contributed by atoms with Gasteiger partial charge in [-0.1, -0.05) is 0 Å². The quantitative estimate of drug-likeness (QED) is 0.851. The van der Waals surface area contributed by atoms with Crippen LogP contribution in [0.25, 0.3) is 0 Å². The fourth-order valence-electron chi connectivity index (χ4n) is 2.94. The van der Waals surface area contributed by atoms with Gasteiger partial charge >= 0.3 is 0 Å². The summed E-state index contributed by atoms with van der Waals surface area (Å²) in [5, 5.41) is 0. The Bertz CT molecular complexity index is 270. The van der Waals surface area contributed by atoms with Crippen LogP contribution in [0, 0.1) is 5.92 Å². The molecule has 18 heavy (non-hydrogen) atoms. The lowest BCUT2D eigenvalue weighted by Gasteiger charge is -2.26. The number of likely N-dealkylation sites (tertiary alicyclic amines) is 1. The Kier molecular flexibility index (Phi) is 6.39. The SMILES string of the molecule is CC1CC(CN)CN1C(=O)CC1CCCCO1.Cl. The molecule has 0 spiro atoms. The summed E-state index contributed by atoms with van der Waals surface area (Å²) < 4.78 is 5.62. The van der Waals surface area contributed by atoms with E-state index in [2.05, 4.69) is 6.92 Å². The van der Waals surface area contributed by atoms with Crippen molar-refractivity contribution in [2.75, 3.05) is 19.7 Å². The highest BCUT2D eigenvalue weighted by atomic mass is 35.5. The molecule has 2 fully saturated rings. The van der Waals surface area contributed by atoms with Crippen LogP contribution in [-0.4, -0.2) is 42.6 Å². The number of ether oxygens (including phenoxy) is 1. The van der Waals surface area contributed by atoms with Gasteiger partial charge < -0.3 is 15.4 Å². The molecular formula is C13H25ClN2O2. The van der Waals surface area contributed by atoms with E-state index in [0.29, 0.717) is 24.9 Å². The first kappa shape index (κ1) is 15.7. The molecule has 3 atom stereocenters. The molecule has 5 heteroatoms. The number of nitrogens with zero attached hydrogens (tertiary/aromatic N) is 1. The maximum Gasteiger partial charge on any atom is 0.225 e. The van der Waals surface area contributed by atoms with E-state index < -0.39 is 0 Å². The highest BCUT2D eigenvalue weighted by Gasteiger charge is 2.32. The third kappa shape index (κ3) is 3.84. The van der Waals surface area contributed by atoms with Crippen molar-refractivity contribution < 1.29 is 9.53 Å². The molecule has 106 valence electrons. The maximum atomic E-state index is 12.2. The van der Waals surface area contributed by atoms with Crippen LogP contribution in [0.1, 0.15) is 39.0 Å². The summed E-state index contributed by atoms with van der Waals surface area (Å²) >= 11 is 0. The molecule has 2 aliphatic rings. The molecule has 2 N–H and O–H groups in total. The zero-order valence-corrected chi connectivity index (χ0v) is 12.0. The van der Waals surface area contributed by atoms with Crippen molar-refractivity contribution >= 4 is 18.3 Å². The van der Waals surface area contributed by atoms with Crippen LogP contribution < -0.4 is 5.73 Å². The van der Waals surface area contributed by atoms with Gasteiger partial charge in [-0.25, -0.2) is 0 Å². The van der Waals surface area contributed by atoms with Gasteiger partial charge in [-0.15, -0.1) is 12.4 Å². The summed E-state index contributed by atoms with van der Waals surface area (Å²) in [7, 11) is 0. The summed E-state index contributed by atoms with van der Waals surface area (Å²) in [5.74, 6) is 0.738. The normalized spacial score (nSPS) is 32.1. The van der Waals surface area contributed by atoms with Gasteiger partial charge in [0.15, 0.2) is 0 Å². The summed E-state index contributed by atoms with van der Waals surface area (Å²) in [6.45, 7) is 4.46. The molecule has 2 heterocycles. The summed E-state index contributed by atoms with van der Waals surface area (Å²) in [5.41, 5.74) is 5.68. The molecular weight excluding hydrogens is 252 g/mol. The minimum atomic E-state index is 0. The smallest absolute Gasteiger partial charge is 0.225 e. The highest BCUT2D eigenvalue weighted by Crippen LogP contribution is 2.24. The zero-order valence-electron chi connectivity index (χ0n) is 11.1. The first-order valence-electron chi connectivity index (χ1n) is 6.82. The first-order chi connectivity index (χ1) is 8.20. The van der Waals surface area contributed by atoms with Crippen molar-refractivity contribution in [1.29, 1.82) is 0 Å². The van der Waals surface area contributed by atoms with E-state index >= 15 is 0 Å². The van der Waals surface area contributed by atoms with Crippen LogP contribution in [-0.2, 0) is 9.53 Å². The molecule has 2 saturated heterocycles. The van der Waals surface area contributed by atoms with Crippen LogP contribution in [0.3, 0.4) is 0 Å². The van der Waals surface area contributed by atoms with Gasteiger partial charge in [-0.3, -0.25) is 4.79 Å². The monoisotopic (exact) mass is 276 g/mol. The van der Waals surface area contributed by atoms with E-state index in [1.807, 2.05) is 4.90 Å². The fraction of sp³-hybridized carbons (Fsp3) is 0.923. The number of nitrogens with two attached hydrogens (primary N) is 1. The van der Waals surface area contributed by atoms with Gasteiger partial charge in [-0.2, -0.15) is 0 Å². The van der Waals surface area contributed by atoms with Gasteiger partial charge in [-0.05, 0) is 45.1 Å². The maximum absolute atomic E-state index is 12.2. The van der Waals surface area contributed by atoms with Crippen molar-refractivity contribution in [3.05, 3.63) is 0 Å². The second kappa shape index (κ2) is 7.31. The van der Waals surface area contributed by atoms with E-state index in [1.165, 1.54) is 6.42 Å². The molecule has 0 aromatic heterocycles. The van der Waals surface area contributed by atoms with Crippen molar-refractivity contribution in [3.8, 4) is 0 Å². The van der Waals surface area contributed by atoms with Gasteiger partial charge in [0.1, 0.15) is 0 Å². The van der Waals surface area contributed by atoms with Gasteiger partial charge in [0.2, 0.25) is 5.91 Å². The van der Waals surface area contributed by atoms with Crippen LogP contribution in [0.2, 0.25) is 0 Å². The van der Waals surface area contributed by atoms with Crippen molar-refractivity contribution in [2.24, 2.45) is 11.7 Å². The first-order valence-corrected chi connectivity index (χ1v) is 6.82. The topological polar surface area (TPSA) is 55.6 Å². The lowest BCUT2D eigenvalue weighted by molar-refractivity contribution is -0.135. The van der Waals surface area contributed by atoms with Gasteiger partial charge in [0.25, 0.3) is 0 Å². The molecule has 4 nitrogen and oxygen atoms in total. The van der Waals surface area contributed by atoms with E-state index in [1.54, 1.807) is 0 Å². The van der Waals surface area contributed by atoms with Crippen LogP contribution >= 0.6 is 12.4 Å². The molecule has 0 bridgehead atoms. The number of amides is 1. The Balaban J connectivity index is 0.00000162. The Labute approximate surface area is 116 Å². The molecule has 0 aromatic carbocycles. The third-order valence-corrected chi connectivity index (χ3v) is 3.99. The van der Waals surface area contributed by atoms with Gasteiger partial charge in [0, 0.05) is 19.2 Å². The predicted molar refractivity (Wildman–Crippen MR) is 73.8 cm³/mol. The Morgan fingerprint density at radius 1 is 1.44 bits per heavy atom. The number of carbonyl (C=O) groups excluding carboxylic acids is 1. The number of hydrogen-bond acceptors (Lipinski definition) is 3. The molecule has 3 unspecified atom stereocenters. The molecule has 2 rings (SSSR count). The average Bonchev–Trinajstić information content (AvgIpc) is 2.72. The average molecular weight is 277 g/mol. The number of rotatable bonds is 3. The third-order valence-electron chi connectivity index (χ3n) is 3.99. The minimum absolute atomic E-state index is 0. The Morgan fingerprint density at radius 3 is 2.78 bits per heavy atom. The number of halogens is 1. The molecule has 1 amide bonds. The van der Waals surface area contributed by atoms with E-state index in [4.69, 9.17) is 10.5 Å². The fourth-order valence-corrected chi connectivity index (χ4v) is 2.94.